The van der Waals surface area contributed by atoms with Crippen LogP contribution in [-0.2, 0) is 16.5 Å². The molecule has 0 saturated carbocycles. The Kier molecular flexibility index (Phi) is 8.34. The molecule has 0 N–H and O–H groups in total. The molecule has 2 aliphatic rings. The van der Waals surface area contributed by atoms with E-state index in [0.717, 1.165) is 83.7 Å². The zero-order valence-electron chi connectivity index (χ0n) is 27.1. The number of nitriles is 1. The molecule has 5 nitrogen and oxygen atoms in total. The molecule has 0 unspecified atom stereocenters. The summed E-state index contributed by atoms with van der Waals surface area (Å²) < 4.78 is 0. The van der Waals surface area contributed by atoms with E-state index in [1.165, 1.54) is 0 Å². The molecule has 8 bridgehead atoms. The monoisotopic (exact) mass is 695 g/mol. The van der Waals surface area contributed by atoms with Crippen molar-refractivity contribution < 1.29 is 16.5 Å². The number of benzene rings is 4. The molecule has 0 aliphatic carbocycles. The maximum atomic E-state index is 10.9. The molecule has 4 aromatic carbocycles. The fourth-order valence-corrected chi connectivity index (χ4v) is 6.92. The molecule has 0 saturated heterocycles. The Balaban J connectivity index is 0.00000374. The van der Waals surface area contributed by atoms with Gasteiger partial charge in [-0.05, 0) is 69.4 Å². The van der Waals surface area contributed by atoms with Crippen LogP contribution in [0, 0.1) is 11.3 Å². The van der Waals surface area contributed by atoms with Gasteiger partial charge in [-0.2, -0.15) is 0 Å². The predicted octanol–water partition coefficient (Wildman–Crippen LogP) is 10.6. The minimum Gasteiger partial charge on any atom is -0.657 e. The van der Waals surface area contributed by atoms with E-state index in [0.29, 0.717) is 11.1 Å². The summed E-state index contributed by atoms with van der Waals surface area (Å²) in [6.45, 7) is 0. The third kappa shape index (κ3) is 5.60. The van der Waals surface area contributed by atoms with Crippen LogP contribution in [0.2, 0.25) is 0 Å². The van der Waals surface area contributed by atoms with Gasteiger partial charge in [-0.1, -0.05) is 150 Å². The standard InChI is InChI=1S/C45H27N5.Ni/c46-27-33-34-28-47-45(33)44(32-19-11-4-12-20-32)40-26-25-39(50-40)43(31-17-9-3-10-18-31)38-24-23-37(49-38)42(30-15-7-2-8-16-30)36-22-21-35(48-36)41(34)29-13-5-1-6-14-29;/h1-26,28H;/q-2;+2. The number of nitrogens with zero attached hydrogens (tertiary/aromatic N) is 5. The van der Waals surface area contributed by atoms with Crippen LogP contribution in [0.15, 0.2) is 140 Å². The molecule has 0 amide bonds. The van der Waals surface area contributed by atoms with E-state index in [-0.39, 0.29) is 16.5 Å². The predicted molar refractivity (Wildman–Crippen MR) is 203 cm³/mol. The Morgan fingerprint density at radius 3 is 1.27 bits per heavy atom. The average Bonchev–Trinajstić information content (AvgIpc) is 4.01. The number of aromatic nitrogens is 4. The molecule has 0 spiro atoms. The summed E-state index contributed by atoms with van der Waals surface area (Å²) in [6, 6.07) is 47.3. The van der Waals surface area contributed by atoms with Crippen LogP contribution in [0.1, 0.15) is 28.3 Å². The number of rotatable bonds is 4. The Labute approximate surface area is 305 Å². The largest absolute Gasteiger partial charge is 2.00 e. The summed E-state index contributed by atoms with van der Waals surface area (Å²) in [7, 11) is 0. The number of hydrogen-bond donors (Lipinski definition) is 0. The van der Waals surface area contributed by atoms with Gasteiger partial charge in [-0.15, -0.1) is 16.4 Å². The molecule has 5 heterocycles. The van der Waals surface area contributed by atoms with Crippen molar-refractivity contribution >= 4 is 46.2 Å². The average molecular weight is 696 g/mol. The molecule has 51 heavy (non-hydrogen) atoms. The van der Waals surface area contributed by atoms with Crippen molar-refractivity contribution in [1.82, 2.24) is 19.9 Å². The minimum atomic E-state index is 0. The maximum Gasteiger partial charge on any atom is 2.00 e. The third-order valence-corrected chi connectivity index (χ3v) is 9.15. The first-order valence-corrected chi connectivity index (χ1v) is 16.5. The van der Waals surface area contributed by atoms with Crippen molar-refractivity contribution in [3.8, 4) is 50.6 Å². The summed E-state index contributed by atoms with van der Waals surface area (Å²) in [4.78, 5) is 20.8. The van der Waals surface area contributed by atoms with Crippen LogP contribution in [-0.4, -0.2) is 15.0 Å². The molecular formula is C45H27N5Ni. The summed E-state index contributed by atoms with van der Waals surface area (Å²) in [5.74, 6) is 0. The van der Waals surface area contributed by atoms with Gasteiger partial charge in [0.1, 0.15) is 0 Å². The molecule has 242 valence electrons. The number of fused-ring (bicyclic) bond motifs is 8. The van der Waals surface area contributed by atoms with Crippen LogP contribution < -0.4 is 4.98 Å². The van der Waals surface area contributed by atoms with E-state index < -0.39 is 0 Å². The zero-order chi connectivity index (χ0) is 33.4. The van der Waals surface area contributed by atoms with E-state index in [9.17, 15) is 5.26 Å². The second-order valence-corrected chi connectivity index (χ2v) is 12.1. The molecule has 0 radical (unpaired) electrons. The summed E-state index contributed by atoms with van der Waals surface area (Å²) in [5, 5.41) is 11.6. The second-order valence-electron chi connectivity index (χ2n) is 12.1. The second kappa shape index (κ2) is 13.4. The maximum absolute atomic E-state index is 10.9. The van der Waals surface area contributed by atoms with Crippen LogP contribution in [0.4, 0.5) is 0 Å². The SMILES string of the molecule is N#C[c-]1c2cnc1c(-c1ccccc1)c1nc(c(-c3ccccc3)c3ccc([n-]3)c(-c3ccccc3)c3nc(c2-c2ccccc2)C=C3)C=C1.[Ni+2]. The molecule has 0 fully saturated rings. The Morgan fingerprint density at radius 2 is 0.843 bits per heavy atom. The van der Waals surface area contributed by atoms with Crippen LogP contribution in [0.5, 0.6) is 0 Å². The molecule has 3 aromatic heterocycles. The first-order valence-electron chi connectivity index (χ1n) is 16.5. The molecule has 9 rings (SSSR count). The van der Waals surface area contributed by atoms with Gasteiger partial charge in [0, 0.05) is 17.5 Å². The fourth-order valence-electron chi connectivity index (χ4n) is 6.92. The van der Waals surface area contributed by atoms with Gasteiger partial charge in [0.25, 0.3) is 0 Å². The third-order valence-electron chi connectivity index (χ3n) is 9.15. The van der Waals surface area contributed by atoms with Crippen molar-refractivity contribution in [2.75, 3.05) is 0 Å². The molecular weight excluding hydrogens is 669 g/mol. The molecule has 7 aromatic rings. The Bertz CT molecular complexity index is 2510. The van der Waals surface area contributed by atoms with Gasteiger partial charge in [-0.3, -0.25) is 9.97 Å². The first kappa shape index (κ1) is 31.7. The van der Waals surface area contributed by atoms with E-state index in [4.69, 9.17) is 19.9 Å². The van der Waals surface area contributed by atoms with Crippen molar-refractivity contribution in [3.63, 3.8) is 0 Å². The minimum absolute atomic E-state index is 0. The van der Waals surface area contributed by atoms with E-state index in [1.807, 2.05) is 115 Å². The topological polar surface area (TPSA) is 76.6 Å². The van der Waals surface area contributed by atoms with Crippen LogP contribution in [0.3, 0.4) is 0 Å². The van der Waals surface area contributed by atoms with Gasteiger partial charge in [0.2, 0.25) is 0 Å². The van der Waals surface area contributed by atoms with Crippen molar-refractivity contribution in [2.24, 2.45) is 0 Å². The quantitative estimate of drug-likeness (QED) is 0.135. The first-order chi connectivity index (χ1) is 24.8. The van der Waals surface area contributed by atoms with Crippen molar-refractivity contribution in [1.29, 1.82) is 5.26 Å². The molecule has 6 heteroatoms. The molecule has 2 aliphatic heterocycles. The van der Waals surface area contributed by atoms with Crippen molar-refractivity contribution in [3.05, 3.63) is 168 Å². The Morgan fingerprint density at radius 1 is 0.471 bits per heavy atom. The smallest absolute Gasteiger partial charge is 0.657 e. The van der Waals surface area contributed by atoms with E-state index >= 15 is 0 Å². The van der Waals surface area contributed by atoms with Crippen LogP contribution >= 0.6 is 0 Å². The van der Waals surface area contributed by atoms with Gasteiger partial charge in [0.15, 0.2) is 0 Å². The normalized spacial score (nSPS) is 11.6. The Hall–Kier alpha value is -6.54. The van der Waals surface area contributed by atoms with Crippen LogP contribution in [0.25, 0.3) is 90.7 Å². The zero-order valence-corrected chi connectivity index (χ0v) is 28.1. The van der Waals surface area contributed by atoms with Gasteiger partial charge in [-0.25, -0.2) is 5.26 Å². The molecule has 0 atom stereocenters. The number of hydrogen-bond acceptors (Lipinski definition) is 4. The summed E-state index contributed by atoms with van der Waals surface area (Å²) >= 11 is 0. The van der Waals surface area contributed by atoms with E-state index in [1.54, 1.807) is 0 Å². The van der Waals surface area contributed by atoms with Gasteiger partial charge < -0.3 is 9.97 Å². The summed E-state index contributed by atoms with van der Waals surface area (Å²) in [5.41, 5.74) is 13.1. The van der Waals surface area contributed by atoms with Crippen molar-refractivity contribution in [2.45, 2.75) is 0 Å². The van der Waals surface area contributed by atoms with E-state index in [2.05, 4.69) is 54.6 Å². The summed E-state index contributed by atoms with van der Waals surface area (Å²) in [6.07, 6.45) is 9.95. The van der Waals surface area contributed by atoms with Gasteiger partial charge >= 0.3 is 16.5 Å². The fraction of sp³-hybridized carbons (Fsp3) is 0. The van der Waals surface area contributed by atoms with Gasteiger partial charge in [0.05, 0.1) is 11.4 Å².